The van der Waals surface area contributed by atoms with Crippen LogP contribution in [0.1, 0.15) is 61.7 Å². The van der Waals surface area contributed by atoms with Gasteiger partial charge < -0.3 is 10.2 Å². The molecule has 6 nitrogen and oxygen atoms in total. The molecule has 0 unspecified atom stereocenters. The molecular formula is C20H31N3O3S. The van der Waals surface area contributed by atoms with E-state index in [2.05, 4.69) is 14.9 Å². The Balaban J connectivity index is 1.50. The van der Waals surface area contributed by atoms with E-state index in [0.29, 0.717) is 12.1 Å². The third-order valence-corrected chi connectivity index (χ3v) is 6.99. The van der Waals surface area contributed by atoms with Crippen LogP contribution in [0.3, 0.4) is 0 Å². The number of hydrogen-bond acceptors (Lipinski definition) is 4. The number of sulfonamides is 1. The molecule has 2 fully saturated rings. The zero-order valence-corrected chi connectivity index (χ0v) is 16.8. The average Bonchev–Trinajstić information content (AvgIpc) is 3.18. The summed E-state index contributed by atoms with van der Waals surface area (Å²) < 4.78 is 27.9. The van der Waals surface area contributed by atoms with Gasteiger partial charge in [-0.05, 0) is 69.9 Å². The summed E-state index contributed by atoms with van der Waals surface area (Å²) in [4.78, 5) is 15.0. The van der Waals surface area contributed by atoms with Crippen molar-refractivity contribution < 1.29 is 13.2 Å². The molecule has 1 amide bonds. The van der Waals surface area contributed by atoms with Crippen LogP contribution in [0.2, 0.25) is 0 Å². The van der Waals surface area contributed by atoms with Gasteiger partial charge in [-0.2, -0.15) is 0 Å². The van der Waals surface area contributed by atoms with Crippen LogP contribution < -0.4 is 10.0 Å². The highest BCUT2D eigenvalue weighted by molar-refractivity contribution is 7.89. The molecule has 1 aliphatic heterocycles. The third kappa shape index (κ3) is 6.02. The summed E-state index contributed by atoms with van der Waals surface area (Å²) in [6.45, 7) is 3.91. The number of carbonyl (C=O) groups excluding carboxylic acids is 1. The zero-order valence-electron chi connectivity index (χ0n) is 16.0. The molecule has 150 valence electrons. The number of piperidine rings is 1. The van der Waals surface area contributed by atoms with E-state index in [4.69, 9.17) is 0 Å². The Hall–Kier alpha value is -1.44. The van der Waals surface area contributed by atoms with Crippen molar-refractivity contribution >= 4 is 15.9 Å². The SMILES string of the molecule is O=C(NCCCN1CCCCC1)c1cccc(S(=O)(=O)NC2CCCC2)c1. The second-order valence-electron chi connectivity index (χ2n) is 7.64. The summed E-state index contributed by atoms with van der Waals surface area (Å²) >= 11 is 0. The second-order valence-corrected chi connectivity index (χ2v) is 9.36. The quantitative estimate of drug-likeness (QED) is 0.665. The lowest BCUT2D eigenvalue weighted by atomic mass is 10.1. The number of hydrogen-bond donors (Lipinski definition) is 2. The number of amides is 1. The molecule has 1 saturated heterocycles. The Morgan fingerprint density at radius 3 is 2.56 bits per heavy atom. The van der Waals surface area contributed by atoms with Gasteiger partial charge in [-0.1, -0.05) is 25.3 Å². The van der Waals surface area contributed by atoms with Gasteiger partial charge in [-0.15, -0.1) is 0 Å². The molecule has 2 N–H and O–H groups in total. The van der Waals surface area contributed by atoms with Crippen LogP contribution in [0.25, 0.3) is 0 Å². The van der Waals surface area contributed by atoms with Gasteiger partial charge >= 0.3 is 0 Å². The van der Waals surface area contributed by atoms with Crippen LogP contribution in [0.5, 0.6) is 0 Å². The summed E-state index contributed by atoms with van der Waals surface area (Å²) in [7, 11) is -3.58. The Morgan fingerprint density at radius 1 is 1.07 bits per heavy atom. The van der Waals surface area contributed by atoms with Gasteiger partial charge in [-0.3, -0.25) is 4.79 Å². The minimum absolute atomic E-state index is 0.0160. The number of rotatable bonds is 8. The lowest BCUT2D eigenvalue weighted by Crippen LogP contribution is -2.34. The van der Waals surface area contributed by atoms with E-state index in [1.165, 1.54) is 25.3 Å². The maximum Gasteiger partial charge on any atom is 0.251 e. The Kier molecular flexibility index (Phi) is 7.26. The monoisotopic (exact) mass is 393 g/mol. The Bertz CT molecular complexity index is 724. The standard InChI is InChI=1S/C20H31N3O3S/c24-20(21-12-7-15-23-13-4-1-5-14-23)17-8-6-11-19(16-17)27(25,26)22-18-9-2-3-10-18/h6,8,11,16,18,22H,1-5,7,9-10,12-15H2,(H,21,24). The normalized spacial score (nSPS) is 19.3. The highest BCUT2D eigenvalue weighted by atomic mass is 32.2. The first-order valence-electron chi connectivity index (χ1n) is 10.2. The number of carbonyl (C=O) groups is 1. The van der Waals surface area contributed by atoms with Crippen molar-refractivity contribution in [2.45, 2.75) is 62.3 Å². The van der Waals surface area contributed by atoms with Gasteiger partial charge in [0.05, 0.1) is 4.90 Å². The summed E-state index contributed by atoms with van der Waals surface area (Å²) in [5.41, 5.74) is 0.391. The van der Waals surface area contributed by atoms with E-state index in [1.54, 1.807) is 18.2 Å². The molecule has 1 aromatic rings. The van der Waals surface area contributed by atoms with Gasteiger partial charge in [0.25, 0.3) is 5.91 Å². The van der Waals surface area contributed by atoms with Crippen LogP contribution in [0, 0.1) is 0 Å². The smallest absolute Gasteiger partial charge is 0.251 e. The lowest BCUT2D eigenvalue weighted by molar-refractivity contribution is 0.0951. The van der Waals surface area contributed by atoms with Crippen molar-refractivity contribution in [3.63, 3.8) is 0 Å². The number of nitrogens with zero attached hydrogens (tertiary/aromatic N) is 1. The molecule has 0 radical (unpaired) electrons. The van der Waals surface area contributed by atoms with E-state index in [1.807, 2.05) is 0 Å². The Labute approximate surface area is 162 Å². The fourth-order valence-corrected chi connectivity index (χ4v) is 5.28. The first kappa shape index (κ1) is 20.3. The fraction of sp³-hybridized carbons (Fsp3) is 0.650. The zero-order chi connectivity index (χ0) is 19.1. The maximum atomic E-state index is 12.6. The van der Waals surface area contributed by atoms with Gasteiger partial charge in [0, 0.05) is 18.2 Å². The molecule has 1 saturated carbocycles. The predicted octanol–water partition coefficient (Wildman–Crippen LogP) is 2.51. The maximum absolute atomic E-state index is 12.6. The van der Waals surface area contributed by atoms with Crippen molar-refractivity contribution in [3.05, 3.63) is 29.8 Å². The molecule has 0 atom stereocenters. The summed E-state index contributed by atoms with van der Waals surface area (Å²) in [5.74, 6) is -0.216. The van der Waals surface area contributed by atoms with Crippen LogP contribution in [0.15, 0.2) is 29.2 Å². The van der Waals surface area contributed by atoms with Crippen LogP contribution >= 0.6 is 0 Å². The molecule has 1 aromatic carbocycles. The lowest BCUT2D eigenvalue weighted by Gasteiger charge is -2.26. The van der Waals surface area contributed by atoms with E-state index in [-0.39, 0.29) is 16.8 Å². The van der Waals surface area contributed by atoms with Gasteiger partial charge in [0.2, 0.25) is 10.0 Å². The van der Waals surface area contributed by atoms with E-state index in [0.717, 1.165) is 51.7 Å². The molecule has 0 spiro atoms. The first-order valence-corrected chi connectivity index (χ1v) is 11.7. The van der Waals surface area contributed by atoms with E-state index < -0.39 is 10.0 Å². The molecule has 0 bridgehead atoms. The number of likely N-dealkylation sites (tertiary alicyclic amines) is 1. The number of benzene rings is 1. The van der Waals surface area contributed by atoms with Crippen LogP contribution in [-0.4, -0.2) is 51.4 Å². The molecule has 7 heteroatoms. The summed E-state index contributed by atoms with van der Waals surface area (Å²) in [6.07, 6.45) is 8.66. The predicted molar refractivity (Wildman–Crippen MR) is 106 cm³/mol. The molecule has 27 heavy (non-hydrogen) atoms. The largest absolute Gasteiger partial charge is 0.352 e. The highest BCUT2D eigenvalue weighted by Crippen LogP contribution is 2.21. The topological polar surface area (TPSA) is 78.5 Å². The average molecular weight is 394 g/mol. The first-order chi connectivity index (χ1) is 13.0. The van der Waals surface area contributed by atoms with Crippen molar-refractivity contribution in [1.29, 1.82) is 0 Å². The number of nitrogens with one attached hydrogen (secondary N) is 2. The summed E-state index contributed by atoms with van der Waals surface area (Å²) in [6, 6.07) is 6.32. The van der Waals surface area contributed by atoms with Crippen molar-refractivity contribution in [2.24, 2.45) is 0 Å². The van der Waals surface area contributed by atoms with Crippen molar-refractivity contribution in [1.82, 2.24) is 14.9 Å². The van der Waals surface area contributed by atoms with Gasteiger partial charge in [-0.25, -0.2) is 13.1 Å². The molecule has 2 aliphatic rings. The minimum Gasteiger partial charge on any atom is -0.352 e. The van der Waals surface area contributed by atoms with Crippen LogP contribution in [-0.2, 0) is 10.0 Å². The highest BCUT2D eigenvalue weighted by Gasteiger charge is 2.23. The van der Waals surface area contributed by atoms with Crippen molar-refractivity contribution in [2.75, 3.05) is 26.2 Å². The molecule has 1 heterocycles. The molecule has 1 aliphatic carbocycles. The third-order valence-electron chi connectivity index (χ3n) is 5.47. The molecule has 3 rings (SSSR count). The molecule has 0 aromatic heterocycles. The minimum atomic E-state index is -3.58. The van der Waals surface area contributed by atoms with Crippen molar-refractivity contribution in [3.8, 4) is 0 Å². The fourth-order valence-electron chi connectivity index (χ4n) is 3.93. The Morgan fingerprint density at radius 2 is 1.81 bits per heavy atom. The van der Waals surface area contributed by atoms with Crippen LogP contribution in [0.4, 0.5) is 0 Å². The van der Waals surface area contributed by atoms with E-state index >= 15 is 0 Å². The molecular weight excluding hydrogens is 362 g/mol. The van der Waals surface area contributed by atoms with Gasteiger partial charge in [0.1, 0.15) is 0 Å². The second kappa shape index (κ2) is 9.66. The van der Waals surface area contributed by atoms with E-state index in [9.17, 15) is 13.2 Å². The van der Waals surface area contributed by atoms with Gasteiger partial charge in [0.15, 0.2) is 0 Å². The summed E-state index contributed by atoms with van der Waals surface area (Å²) in [5, 5.41) is 2.91.